The lowest BCUT2D eigenvalue weighted by Gasteiger charge is -2.26. The van der Waals surface area contributed by atoms with Crippen molar-refractivity contribution in [1.29, 1.82) is 0 Å². The minimum Gasteiger partial charge on any atom is -0.352 e. The summed E-state index contributed by atoms with van der Waals surface area (Å²) in [6.45, 7) is 14.1. The molecule has 0 saturated heterocycles. The molecule has 0 radical (unpaired) electrons. The highest BCUT2D eigenvalue weighted by Gasteiger charge is 2.31. The summed E-state index contributed by atoms with van der Waals surface area (Å²) in [6.07, 6.45) is 5.09. The maximum absolute atomic E-state index is 14.0. The molecule has 1 aromatic carbocycles. The van der Waals surface area contributed by atoms with Crippen molar-refractivity contribution >= 4 is 23.1 Å². The van der Waals surface area contributed by atoms with Crippen molar-refractivity contribution in [3.63, 3.8) is 0 Å². The van der Waals surface area contributed by atoms with Crippen LogP contribution in [-0.2, 0) is 9.59 Å². The van der Waals surface area contributed by atoms with Crippen LogP contribution in [0.15, 0.2) is 46.1 Å². The number of allylic oxidation sites excluding steroid dienone is 3. The topological polar surface area (TPSA) is 61.4 Å². The predicted octanol–water partition coefficient (Wildman–Crippen LogP) is 6.00. The molecule has 3 rings (SSSR count). The summed E-state index contributed by atoms with van der Waals surface area (Å²) in [4.78, 5) is 28.7. The zero-order valence-electron chi connectivity index (χ0n) is 21.9. The second-order valence-corrected chi connectivity index (χ2v) is 9.50. The molecule has 5 nitrogen and oxygen atoms in total. The van der Waals surface area contributed by atoms with Gasteiger partial charge in [-0.1, -0.05) is 32.8 Å². The number of amides is 2. The Balaban J connectivity index is 1.96. The first kappa shape index (κ1) is 26.9. The number of hydrogen-bond donors (Lipinski definition) is 2. The molecular formula is C29H40FN3O2. The van der Waals surface area contributed by atoms with Crippen LogP contribution in [-0.4, -0.2) is 42.9 Å². The number of rotatable bonds is 10. The lowest BCUT2D eigenvalue weighted by Crippen LogP contribution is -2.31. The average Bonchev–Trinajstić information content (AvgIpc) is 3.15. The number of carbonyl (C=O) groups excluding carboxylic acids is 2. The van der Waals surface area contributed by atoms with E-state index in [1.54, 1.807) is 6.07 Å². The van der Waals surface area contributed by atoms with Crippen molar-refractivity contribution in [3.8, 4) is 0 Å². The monoisotopic (exact) mass is 481 g/mol. The van der Waals surface area contributed by atoms with Crippen molar-refractivity contribution in [3.05, 3.63) is 57.4 Å². The molecule has 6 heteroatoms. The fourth-order valence-corrected chi connectivity index (χ4v) is 5.28. The normalized spacial score (nSPS) is 18.5. The molecule has 0 bridgehead atoms. The van der Waals surface area contributed by atoms with E-state index >= 15 is 0 Å². The number of nitrogens with zero attached hydrogens (tertiary/aromatic N) is 1. The fraction of sp³-hybridized carbons (Fsp3) is 0.517. The van der Waals surface area contributed by atoms with Crippen LogP contribution in [0.3, 0.4) is 0 Å². The Bertz CT molecular complexity index is 1060. The van der Waals surface area contributed by atoms with Crippen LogP contribution in [0.5, 0.6) is 0 Å². The van der Waals surface area contributed by atoms with Crippen molar-refractivity contribution in [2.45, 2.75) is 73.1 Å². The minimum absolute atomic E-state index is 0.0292. The largest absolute Gasteiger partial charge is 0.352 e. The number of benzene rings is 1. The second-order valence-electron chi connectivity index (χ2n) is 9.50. The van der Waals surface area contributed by atoms with E-state index in [4.69, 9.17) is 0 Å². The molecule has 35 heavy (non-hydrogen) atoms. The van der Waals surface area contributed by atoms with Gasteiger partial charge in [0.15, 0.2) is 0 Å². The summed E-state index contributed by atoms with van der Waals surface area (Å²) >= 11 is 0. The third-order valence-corrected chi connectivity index (χ3v) is 7.20. The SMILES string of the molecule is CCC/C(C)=C(/C(=O)NCCCN(CC)CC)C1=C(C)/C(=C2\C(=O)Nc3ccc(F)cc32)CCC1. The molecule has 190 valence electrons. The molecule has 1 aliphatic carbocycles. The van der Waals surface area contributed by atoms with Gasteiger partial charge in [0, 0.05) is 23.4 Å². The van der Waals surface area contributed by atoms with Crippen LogP contribution >= 0.6 is 0 Å². The Morgan fingerprint density at radius 3 is 2.60 bits per heavy atom. The van der Waals surface area contributed by atoms with Crippen LogP contribution in [0, 0.1) is 5.82 Å². The average molecular weight is 482 g/mol. The van der Waals surface area contributed by atoms with Gasteiger partial charge in [-0.2, -0.15) is 0 Å². The molecule has 2 N–H and O–H groups in total. The standard InChI is InChI=1S/C29H40FN3O2/c1-6-11-19(4)26(28(34)31-16-10-17-33(7-2)8-3)22-12-9-13-23(20(22)5)27-24-18-21(30)14-15-25(24)32-29(27)35/h14-15,18H,6-13,16-17H2,1-5H3,(H,31,34)(H,32,35)/b26-19+,27-23-. The summed E-state index contributed by atoms with van der Waals surface area (Å²) in [6, 6.07) is 4.40. The van der Waals surface area contributed by atoms with E-state index in [2.05, 4.69) is 36.3 Å². The van der Waals surface area contributed by atoms with Crippen molar-refractivity contribution in [1.82, 2.24) is 10.2 Å². The first-order valence-electron chi connectivity index (χ1n) is 13.1. The Morgan fingerprint density at radius 1 is 1.17 bits per heavy atom. The molecule has 1 aliphatic heterocycles. The van der Waals surface area contributed by atoms with E-state index < -0.39 is 0 Å². The van der Waals surface area contributed by atoms with Gasteiger partial charge in [-0.15, -0.1) is 0 Å². The van der Waals surface area contributed by atoms with E-state index in [-0.39, 0.29) is 17.6 Å². The quantitative estimate of drug-likeness (QED) is 0.318. The summed E-state index contributed by atoms with van der Waals surface area (Å²) in [5, 5.41) is 6.03. The van der Waals surface area contributed by atoms with Crippen LogP contribution in [0.2, 0.25) is 0 Å². The third kappa shape index (κ3) is 6.10. The van der Waals surface area contributed by atoms with Gasteiger partial charge in [-0.25, -0.2) is 4.39 Å². The Hall–Kier alpha value is -2.73. The van der Waals surface area contributed by atoms with Gasteiger partial charge < -0.3 is 15.5 Å². The summed E-state index contributed by atoms with van der Waals surface area (Å²) < 4.78 is 14.0. The highest BCUT2D eigenvalue weighted by molar-refractivity contribution is 6.32. The highest BCUT2D eigenvalue weighted by atomic mass is 19.1. The van der Waals surface area contributed by atoms with Crippen molar-refractivity contribution < 1.29 is 14.0 Å². The van der Waals surface area contributed by atoms with Crippen molar-refractivity contribution in [2.24, 2.45) is 0 Å². The maximum atomic E-state index is 14.0. The van der Waals surface area contributed by atoms with Gasteiger partial charge in [0.25, 0.3) is 11.8 Å². The molecule has 0 fully saturated rings. The van der Waals surface area contributed by atoms with E-state index in [0.717, 1.165) is 86.0 Å². The number of anilines is 1. The molecule has 0 spiro atoms. The molecule has 1 heterocycles. The van der Waals surface area contributed by atoms with Gasteiger partial charge in [0.2, 0.25) is 0 Å². The molecule has 0 aromatic heterocycles. The molecule has 2 aliphatic rings. The zero-order valence-corrected chi connectivity index (χ0v) is 21.9. The summed E-state index contributed by atoms with van der Waals surface area (Å²) in [5.74, 6) is -0.587. The number of carbonyl (C=O) groups is 2. The Morgan fingerprint density at radius 2 is 1.91 bits per heavy atom. The lowest BCUT2D eigenvalue weighted by molar-refractivity contribution is -0.117. The molecule has 2 amide bonds. The Kier molecular flexibility index (Phi) is 9.44. The van der Waals surface area contributed by atoms with Crippen LogP contribution in [0.1, 0.15) is 78.7 Å². The van der Waals surface area contributed by atoms with E-state index in [1.165, 1.54) is 12.1 Å². The first-order chi connectivity index (χ1) is 16.8. The first-order valence-corrected chi connectivity index (χ1v) is 13.1. The Labute approximate surface area is 209 Å². The number of halogens is 1. The number of nitrogens with one attached hydrogen (secondary N) is 2. The second kappa shape index (κ2) is 12.3. The minimum atomic E-state index is -0.362. The number of hydrogen-bond acceptors (Lipinski definition) is 3. The van der Waals surface area contributed by atoms with E-state index in [0.29, 0.717) is 23.4 Å². The zero-order chi connectivity index (χ0) is 25.5. The van der Waals surface area contributed by atoms with Gasteiger partial charge in [0.1, 0.15) is 5.82 Å². The van der Waals surface area contributed by atoms with Gasteiger partial charge in [0.05, 0.1) is 5.57 Å². The maximum Gasteiger partial charge on any atom is 0.256 e. The van der Waals surface area contributed by atoms with Gasteiger partial charge in [-0.3, -0.25) is 9.59 Å². The summed E-state index contributed by atoms with van der Waals surface area (Å²) in [7, 11) is 0. The smallest absolute Gasteiger partial charge is 0.256 e. The lowest BCUT2D eigenvalue weighted by atomic mass is 9.79. The third-order valence-electron chi connectivity index (χ3n) is 7.20. The molecule has 1 aromatic rings. The molecule has 0 atom stereocenters. The molecule has 0 unspecified atom stereocenters. The fourth-order valence-electron chi connectivity index (χ4n) is 5.28. The highest BCUT2D eigenvalue weighted by Crippen LogP contribution is 2.43. The van der Waals surface area contributed by atoms with E-state index in [1.807, 2.05) is 13.8 Å². The van der Waals surface area contributed by atoms with Crippen LogP contribution in [0.25, 0.3) is 5.57 Å². The van der Waals surface area contributed by atoms with E-state index in [9.17, 15) is 14.0 Å². The number of fused-ring (bicyclic) bond motifs is 1. The van der Waals surface area contributed by atoms with Crippen LogP contribution in [0.4, 0.5) is 10.1 Å². The summed E-state index contributed by atoms with van der Waals surface area (Å²) in [5.41, 5.74) is 6.56. The van der Waals surface area contributed by atoms with Gasteiger partial charge >= 0.3 is 0 Å². The van der Waals surface area contributed by atoms with Crippen LogP contribution < -0.4 is 10.6 Å². The van der Waals surface area contributed by atoms with Gasteiger partial charge in [-0.05, 0) is 101 Å². The van der Waals surface area contributed by atoms with Crippen molar-refractivity contribution in [2.75, 3.05) is 31.5 Å². The molecular weight excluding hydrogens is 441 g/mol. The molecule has 0 saturated carbocycles. The predicted molar refractivity (Wildman–Crippen MR) is 142 cm³/mol.